The van der Waals surface area contributed by atoms with Gasteiger partial charge in [-0.1, -0.05) is 31.2 Å². The first kappa shape index (κ1) is 14.3. The molecule has 0 amide bonds. The molecular formula is C17H24N4. The second kappa shape index (κ2) is 6.39. The second-order valence-electron chi connectivity index (χ2n) is 5.91. The van der Waals surface area contributed by atoms with Gasteiger partial charge < -0.3 is 5.32 Å². The molecule has 1 aliphatic rings. The minimum Gasteiger partial charge on any atom is -0.313 e. The molecule has 0 radical (unpaired) electrons. The standard InChI is InChI=1S/C17H24N4/c1-3-10-18-16(11-17-19-12-20-21(17)2)15-9-8-13-6-4-5-7-14(13)15/h4-7,12,15-16,18H,3,8-11H2,1-2H3. The summed E-state index contributed by atoms with van der Waals surface area (Å²) in [6.45, 7) is 3.27. The molecule has 1 aliphatic carbocycles. The quantitative estimate of drug-likeness (QED) is 0.886. The van der Waals surface area contributed by atoms with Gasteiger partial charge in [-0.15, -0.1) is 0 Å². The average Bonchev–Trinajstić information content (AvgIpc) is 3.10. The predicted octanol–water partition coefficient (Wildman–Crippen LogP) is 2.46. The van der Waals surface area contributed by atoms with Gasteiger partial charge in [0.15, 0.2) is 0 Å². The summed E-state index contributed by atoms with van der Waals surface area (Å²) in [6.07, 6.45) is 6.18. The van der Waals surface area contributed by atoms with E-state index < -0.39 is 0 Å². The molecule has 0 saturated heterocycles. The number of rotatable bonds is 6. The van der Waals surface area contributed by atoms with Gasteiger partial charge in [0.1, 0.15) is 12.2 Å². The van der Waals surface area contributed by atoms with Crippen LogP contribution in [0.4, 0.5) is 0 Å². The van der Waals surface area contributed by atoms with Crippen molar-refractivity contribution in [3.05, 3.63) is 47.5 Å². The van der Waals surface area contributed by atoms with Gasteiger partial charge in [-0.05, 0) is 36.9 Å². The lowest BCUT2D eigenvalue weighted by molar-refractivity contribution is 0.414. The lowest BCUT2D eigenvalue weighted by Crippen LogP contribution is -2.37. The second-order valence-corrected chi connectivity index (χ2v) is 5.91. The fourth-order valence-electron chi connectivity index (χ4n) is 3.40. The SMILES string of the molecule is CCCNC(Cc1ncnn1C)C1CCc2ccccc21. The van der Waals surface area contributed by atoms with E-state index in [4.69, 9.17) is 0 Å². The van der Waals surface area contributed by atoms with Crippen LogP contribution in [-0.4, -0.2) is 27.4 Å². The van der Waals surface area contributed by atoms with Crippen molar-refractivity contribution < 1.29 is 0 Å². The Morgan fingerprint density at radius 1 is 1.38 bits per heavy atom. The maximum Gasteiger partial charge on any atom is 0.138 e. The highest BCUT2D eigenvalue weighted by molar-refractivity contribution is 5.36. The van der Waals surface area contributed by atoms with Gasteiger partial charge in [-0.2, -0.15) is 5.10 Å². The molecule has 0 spiro atoms. The van der Waals surface area contributed by atoms with Crippen LogP contribution in [0.3, 0.4) is 0 Å². The van der Waals surface area contributed by atoms with Gasteiger partial charge in [-0.3, -0.25) is 4.68 Å². The largest absolute Gasteiger partial charge is 0.313 e. The number of aromatic nitrogens is 3. The molecule has 0 fully saturated rings. The topological polar surface area (TPSA) is 42.7 Å². The van der Waals surface area contributed by atoms with E-state index in [1.807, 2.05) is 11.7 Å². The fraction of sp³-hybridized carbons (Fsp3) is 0.529. The molecule has 0 aliphatic heterocycles. The van der Waals surface area contributed by atoms with E-state index in [9.17, 15) is 0 Å². The van der Waals surface area contributed by atoms with E-state index >= 15 is 0 Å². The maximum atomic E-state index is 4.40. The van der Waals surface area contributed by atoms with E-state index in [2.05, 4.69) is 46.6 Å². The van der Waals surface area contributed by atoms with Crippen LogP contribution in [-0.2, 0) is 19.9 Å². The Morgan fingerprint density at radius 3 is 3.00 bits per heavy atom. The molecule has 4 nitrogen and oxygen atoms in total. The summed E-state index contributed by atoms with van der Waals surface area (Å²) in [5.74, 6) is 1.65. The Balaban J connectivity index is 1.81. The molecule has 1 N–H and O–H groups in total. The molecule has 112 valence electrons. The van der Waals surface area contributed by atoms with Crippen LogP contribution >= 0.6 is 0 Å². The van der Waals surface area contributed by atoms with Crippen LogP contribution in [0.2, 0.25) is 0 Å². The van der Waals surface area contributed by atoms with Crippen molar-refractivity contribution in [1.29, 1.82) is 0 Å². The van der Waals surface area contributed by atoms with E-state index in [-0.39, 0.29) is 0 Å². The van der Waals surface area contributed by atoms with Crippen molar-refractivity contribution in [2.75, 3.05) is 6.54 Å². The number of nitrogens with zero attached hydrogens (tertiary/aromatic N) is 3. The van der Waals surface area contributed by atoms with Gasteiger partial charge in [0.2, 0.25) is 0 Å². The number of fused-ring (bicyclic) bond motifs is 1. The first-order chi connectivity index (χ1) is 10.3. The smallest absolute Gasteiger partial charge is 0.138 e. The molecule has 1 aromatic heterocycles. The van der Waals surface area contributed by atoms with Gasteiger partial charge in [0, 0.05) is 25.4 Å². The maximum absolute atomic E-state index is 4.40. The summed E-state index contributed by atoms with van der Waals surface area (Å²) in [5, 5.41) is 7.94. The van der Waals surface area contributed by atoms with E-state index in [0.29, 0.717) is 12.0 Å². The first-order valence-electron chi connectivity index (χ1n) is 7.93. The van der Waals surface area contributed by atoms with Crippen molar-refractivity contribution in [3.63, 3.8) is 0 Å². The zero-order valence-corrected chi connectivity index (χ0v) is 12.9. The Bertz CT molecular complexity index is 590. The van der Waals surface area contributed by atoms with Crippen LogP contribution in [0.15, 0.2) is 30.6 Å². The zero-order chi connectivity index (χ0) is 14.7. The summed E-state index contributed by atoms with van der Waals surface area (Å²) < 4.78 is 1.89. The highest BCUT2D eigenvalue weighted by Gasteiger charge is 2.30. The Hall–Kier alpha value is -1.68. The van der Waals surface area contributed by atoms with Crippen LogP contribution < -0.4 is 5.32 Å². The van der Waals surface area contributed by atoms with Crippen molar-refractivity contribution in [2.24, 2.45) is 7.05 Å². The lowest BCUT2D eigenvalue weighted by Gasteiger charge is -2.25. The van der Waals surface area contributed by atoms with Crippen LogP contribution in [0, 0.1) is 0 Å². The molecule has 0 saturated carbocycles. The average molecular weight is 284 g/mol. The molecule has 2 atom stereocenters. The van der Waals surface area contributed by atoms with E-state index in [0.717, 1.165) is 25.2 Å². The van der Waals surface area contributed by atoms with E-state index in [1.165, 1.54) is 24.0 Å². The zero-order valence-electron chi connectivity index (χ0n) is 12.9. The third-order valence-electron chi connectivity index (χ3n) is 4.53. The number of benzene rings is 1. The van der Waals surface area contributed by atoms with Gasteiger partial charge in [0.05, 0.1) is 0 Å². The summed E-state index contributed by atoms with van der Waals surface area (Å²) in [4.78, 5) is 4.40. The van der Waals surface area contributed by atoms with Crippen molar-refractivity contribution in [2.45, 2.75) is 44.6 Å². The molecule has 4 heteroatoms. The van der Waals surface area contributed by atoms with Crippen molar-refractivity contribution in [1.82, 2.24) is 20.1 Å². The van der Waals surface area contributed by atoms with E-state index in [1.54, 1.807) is 6.33 Å². The molecule has 3 rings (SSSR count). The normalized spacial score (nSPS) is 18.7. The Kier molecular flexibility index (Phi) is 4.34. The number of hydrogen-bond donors (Lipinski definition) is 1. The number of hydrogen-bond acceptors (Lipinski definition) is 3. The van der Waals surface area contributed by atoms with Gasteiger partial charge >= 0.3 is 0 Å². The Labute approximate surface area is 126 Å². The van der Waals surface area contributed by atoms with Crippen molar-refractivity contribution in [3.8, 4) is 0 Å². The Morgan fingerprint density at radius 2 is 2.24 bits per heavy atom. The highest BCUT2D eigenvalue weighted by atomic mass is 15.3. The molecule has 2 unspecified atom stereocenters. The fourth-order valence-corrected chi connectivity index (χ4v) is 3.40. The van der Waals surface area contributed by atoms with Gasteiger partial charge in [0.25, 0.3) is 0 Å². The summed E-state index contributed by atoms with van der Waals surface area (Å²) in [7, 11) is 1.97. The molecule has 1 heterocycles. The minimum atomic E-state index is 0.441. The molecule has 21 heavy (non-hydrogen) atoms. The van der Waals surface area contributed by atoms with Crippen molar-refractivity contribution >= 4 is 0 Å². The van der Waals surface area contributed by atoms with Crippen LogP contribution in [0.5, 0.6) is 0 Å². The number of aryl methyl sites for hydroxylation is 2. The minimum absolute atomic E-state index is 0.441. The van der Waals surface area contributed by atoms with Crippen LogP contribution in [0.25, 0.3) is 0 Å². The third-order valence-corrected chi connectivity index (χ3v) is 4.53. The lowest BCUT2D eigenvalue weighted by atomic mass is 9.90. The molecular weight excluding hydrogens is 260 g/mol. The summed E-state index contributed by atoms with van der Waals surface area (Å²) in [5.41, 5.74) is 3.04. The summed E-state index contributed by atoms with van der Waals surface area (Å²) in [6, 6.07) is 9.32. The third kappa shape index (κ3) is 3.00. The van der Waals surface area contributed by atoms with Gasteiger partial charge in [-0.25, -0.2) is 4.98 Å². The summed E-state index contributed by atoms with van der Waals surface area (Å²) >= 11 is 0. The monoisotopic (exact) mass is 284 g/mol. The highest BCUT2D eigenvalue weighted by Crippen LogP contribution is 2.36. The molecule has 2 aromatic rings. The molecule has 1 aromatic carbocycles. The number of nitrogens with one attached hydrogen (secondary N) is 1. The first-order valence-corrected chi connectivity index (χ1v) is 7.93. The van der Waals surface area contributed by atoms with Crippen LogP contribution in [0.1, 0.15) is 42.6 Å². The predicted molar refractivity (Wildman–Crippen MR) is 84.3 cm³/mol. The molecule has 0 bridgehead atoms.